The first kappa shape index (κ1) is 22.2. The van der Waals surface area contributed by atoms with Gasteiger partial charge in [0.15, 0.2) is 0 Å². The second-order valence-electron chi connectivity index (χ2n) is 7.13. The smallest absolute Gasteiger partial charge is 0.257 e. The fraction of sp³-hybridized carbons (Fsp3) is 0.333. The number of ketones is 1. The summed E-state index contributed by atoms with van der Waals surface area (Å²) in [4.78, 5) is 28.3. The molecule has 0 radical (unpaired) electrons. The third-order valence-corrected chi connectivity index (χ3v) is 5.00. The van der Waals surface area contributed by atoms with Crippen molar-refractivity contribution in [2.75, 3.05) is 14.2 Å². The van der Waals surface area contributed by atoms with Gasteiger partial charge in [0.1, 0.15) is 5.82 Å². The Morgan fingerprint density at radius 3 is 2.81 bits per heavy atom. The predicted octanol–water partition coefficient (Wildman–Crippen LogP) is 4.88. The maximum Gasteiger partial charge on any atom is 0.257 e. The standard InChI is InChI=1S/C24H28N4O3/c1-4-31-24(25-2)21(29)13-7-5-6-8-14-22-26-16-20(27-22)18-15-17-11-9-10-12-19(17)28-23(18)30-3/h4,9-12,15-16H,1,5-8,13-14H2,2-3H3,(H,26,27). The van der Waals surface area contributed by atoms with E-state index in [9.17, 15) is 4.79 Å². The maximum atomic E-state index is 12.0. The minimum absolute atomic E-state index is 0.0870. The summed E-state index contributed by atoms with van der Waals surface area (Å²) in [7, 11) is 3.17. The average molecular weight is 421 g/mol. The fourth-order valence-electron chi connectivity index (χ4n) is 3.43. The Bertz CT molecular complexity index is 1070. The van der Waals surface area contributed by atoms with Gasteiger partial charge < -0.3 is 14.5 Å². The second kappa shape index (κ2) is 11.1. The van der Waals surface area contributed by atoms with Crippen molar-refractivity contribution in [3.05, 3.63) is 55.2 Å². The number of para-hydroxylation sites is 1. The van der Waals surface area contributed by atoms with Crippen LogP contribution in [0.15, 0.2) is 54.4 Å². The highest BCUT2D eigenvalue weighted by Crippen LogP contribution is 2.30. The molecule has 2 heterocycles. The van der Waals surface area contributed by atoms with Crippen LogP contribution in [0.5, 0.6) is 5.88 Å². The van der Waals surface area contributed by atoms with Crippen molar-refractivity contribution < 1.29 is 14.3 Å². The topological polar surface area (TPSA) is 89.5 Å². The van der Waals surface area contributed by atoms with Gasteiger partial charge in [-0.1, -0.05) is 37.6 Å². The quantitative estimate of drug-likeness (QED) is 0.207. The average Bonchev–Trinajstić information content (AvgIpc) is 3.27. The zero-order valence-electron chi connectivity index (χ0n) is 18.1. The highest BCUT2D eigenvalue weighted by atomic mass is 16.5. The summed E-state index contributed by atoms with van der Waals surface area (Å²) in [6.07, 6.45) is 8.11. The number of carbonyl (C=O) groups excluding carboxylic acids is 1. The van der Waals surface area contributed by atoms with E-state index in [-0.39, 0.29) is 11.7 Å². The number of aromatic nitrogens is 3. The second-order valence-corrected chi connectivity index (χ2v) is 7.13. The predicted molar refractivity (Wildman–Crippen MR) is 122 cm³/mol. The van der Waals surface area contributed by atoms with E-state index in [2.05, 4.69) is 32.6 Å². The molecule has 0 unspecified atom stereocenters. The lowest BCUT2D eigenvalue weighted by Gasteiger charge is -2.07. The van der Waals surface area contributed by atoms with Crippen LogP contribution in [0.2, 0.25) is 0 Å². The normalized spacial score (nSPS) is 11.5. The number of unbranched alkanes of at least 4 members (excludes halogenated alkanes) is 3. The molecule has 0 saturated heterocycles. The molecule has 3 aromatic rings. The van der Waals surface area contributed by atoms with E-state index < -0.39 is 0 Å². The van der Waals surface area contributed by atoms with Crippen molar-refractivity contribution in [2.24, 2.45) is 4.99 Å². The van der Waals surface area contributed by atoms with Crippen LogP contribution in [0.3, 0.4) is 0 Å². The number of H-pyrrole nitrogens is 1. The van der Waals surface area contributed by atoms with Gasteiger partial charge in [0.25, 0.3) is 5.90 Å². The van der Waals surface area contributed by atoms with Crippen LogP contribution in [0.4, 0.5) is 0 Å². The summed E-state index contributed by atoms with van der Waals surface area (Å²) in [6, 6.07) is 10.0. The van der Waals surface area contributed by atoms with Gasteiger partial charge in [0.2, 0.25) is 11.7 Å². The number of nitrogens with one attached hydrogen (secondary N) is 1. The lowest BCUT2D eigenvalue weighted by molar-refractivity contribution is -0.114. The van der Waals surface area contributed by atoms with Crippen molar-refractivity contribution in [2.45, 2.75) is 38.5 Å². The first-order valence-corrected chi connectivity index (χ1v) is 10.4. The molecular formula is C24H28N4O3. The molecule has 31 heavy (non-hydrogen) atoms. The number of carbonyl (C=O) groups is 1. The molecule has 0 bridgehead atoms. The summed E-state index contributed by atoms with van der Waals surface area (Å²) in [5.41, 5.74) is 2.69. The van der Waals surface area contributed by atoms with E-state index >= 15 is 0 Å². The lowest BCUT2D eigenvalue weighted by atomic mass is 10.1. The monoisotopic (exact) mass is 420 g/mol. The van der Waals surface area contributed by atoms with Gasteiger partial charge in [-0.2, -0.15) is 0 Å². The number of Topliss-reactive ketones (excluding diaryl/α,β-unsaturated/α-hetero) is 1. The minimum Gasteiger partial charge on any atom is -0.480 e. The van der Waals surface area contributed by atoms with Crippen LogP contribution in [0.1, 0.15) is 37.9 Å². The van der Waals surface area contributed by atoms with Gasteiger partial charge in [-0.15, -0.1) is 0 Å². The van der Waals surface area contributed by atoms with E-state index in [0.29, 0.717) is 12.3 Å². The molecule has 0 spiro atoms. The molecule has 0 saturated carbocycles. The molecule has 0 atom stereocenters. The van der Waals surface area contributed by atoms with Gasteiger partial charge in [-0.25, -0.2) is 9.97 Å². The van der Waals surface area contributed by atoms with Gasteiger partial charge in [-0.3, -0.25) is 9.79 Å². The third kappa shape index (κ3) is 5.78. The van der Waals surface area contributed by atoms with Crippen LogP contribution in [0, 0.1) is 0 Å². The van der Waals surface area contributed by atoms with Crippen LogP contribution in [0.25, 0.3) is 22.2 Å². The molecule has 0 fully saturated rings. The summed E-state index contributed by atoms with van der Waals surface area (Å²) in [5.74, 6) is 1.54. The Kier molecular flexibility index (Phi) is 7.92. The molecule has 7 heteroatoms. The molecule has 0 amide bonds. The van der Waals surface area contributed by atoms with E-state index in [1.807, 2.05) is 30.5 Å². The van der Waals surface area contributed by atoms with Crippen molar-refractivity contribution in [3.63, 3.8) is 0 Å². The summed E-state index contributed by atoms with van der Waals surface area (Å²) in [6.45, 7) is 3.45. The van der Waals surface area contributed by atoms with Crippen molar-refractivity contribution in [3.8, 4) is 17.1 Å². The van der Waals surface area contributed by atoms with Gasteiger partial charge in [0.05, 0.1) is 36.3 Å². The molecule has 1 aromatic carbocycles. The first-order valence-electron chi connectivity index (χ1n) is 10.4. The Morgan fingerprint density at radius 2 is 2.03 bits per heavy atom. The Morgan fingerprint density at radius 1 is 1.23 bits per heavy atom. The molecule has 3 rings (SSSR count). The Labute approximate surface area is 182 Å². The zero-order valence-corrected chi connectivity index (χ0v) is 18.1. The molecule has 0 aliphatic rings. The summed E-state index contributed by atoms with van der Waals surface area (Å²) < 4.78 is 10.5. The largest absolute Gasteiger partial charge is 0.480 e. The molecule has 2 aromatic heterocycles. The SMILES string of the molecule is C=COC(=NC)C(=O)CCCCCCc1ncc(-c2cc3ccccc3nc2OC)[nH]1. The van der Waals surface area contributed by atoms with Crippen molar-refractivity contribution in [1.82, 2.24) is 15.0 Å². The zero-order chi connectivity index (χ0) is 22.1. The molecule has 7 nitrogen and oxygen atoms in total. The number of hydrogen-bond donors (Lipinski definition) is 1. The number of aliphatic imine (C=N–C) groups is 1. The lowest BCUT2D eigenvalue weighted by Crippen LogP contribution is -2.15. The maximum absolute atomic E-state index is 12.0. The van der Waals surface area contributed by atoms with Crippen LogP contribution < -0.4 is 4.74 Å². The summed E-state index contributed by atoms with van der Waals surface area (Å²) in [5, 5.41) is 1.05. The number of ether oxygens (including phenoxy) is 2. The van der Waals surface area contributed by atoms with Crippen LogP contribution >= 0.6 is 0 Å². The van der Waals surface area contributed by atoms with Crippen molar-refractivity contribution in [1.29, 1.82) is 0 Å². The van der Waals surface area contributed by atoms with Gasteiger partial charge in [0, 0.05) is 25.3 Å². The number of imidazole rings is 1. The van der Waals surface area contributed by atoms with E-state index in [1.165, 1.54) is 13.3 Å². The molecule has 162 valence electrons. The number of fused-ring (bicyclic) bond motifs is 1. The number of benzene rings is 1. The third-order valence-electron chi connectivity index (χ3n) is 5.00. The molecule has 0 aliphatic heterocycles. The number of nitrogens with zero attached hydrogens (tertiary/aromatic N) is 3. The van der Waals surface area contributed by atoms with E-state index in [0.717, 1.165) is 60.1 Å². The number of methoxy groups -OCH3 is 1. The first-order chi connectivity index (χ1) is 15.2. The highest BCUT2D eigenvalue weighted by Gasteiger charge is 2.13. The molecular weight excluding hydrogens is 392 g/mol. The highest BCUT2D eigenvalue weighted by molar-refractivity contribution is 6.36. The van der Waals surface area contributed by atoms with E-state index in [1.54, 1.807) is 7.11 Å². The fourth-order valence-corrected chi connectivity index (χ4v) is 3.43. The number of hydrogen-bond acceptors (Lipinski definition) is 6. The van der Waals surface area contributed by atoms with Crippen molar-refractivity contribution >= 4 is 22.6 Å². The van der Waals surface area contributed by atoms with Gasteiger partial charge in [-0.05, 0) is 25.0 Å². The summed E-state index contributed by atoms with van der Waals surface area (Å²) >= 11 is 0. The Hall–Kier alpha value is -3.48. The molecule has 0 aliphatic carbocycles. The number of aryl methyl sites for hydroxylation is 1. The number of pyridine rings is 1. The minimum atomic E-state index is -0.0870. The number of aromatic amines is 1. The van der Waals surface area contributed by atoms with Crippen LogP contribution in [-0.4, -0.2) is 40.8 Å². The van der Waals surface area contributed by atoms with Crippen LogP contribution in [-0.2, 0) is 16.0 Å². The van der Waals surface area contributed by atoms with Gasteiger partial charge >= 0.3 is 0 Å². The number of rotatable bonds is 11. The molecule has 1 N–H and O–H groups in total. The van der Waals surface area contributed by atoms with E-state index in [4.69, 9.17) is 9.47 Å². The Balaban J connectivity index is 1.50.